The summed E-state index contributed by atoms with van der Waals surface area (Å²) in [5, 5.41) is 10.1. The normalized spacial score (nSPS) is 20.9. The van der Waals surface area contributed by atoms with Crippen molar-refractivity contribution in [2.24, 2.45) is 13.0 Å². The van der Waals surface area contributed by atoms with Crippen LogP contribution >= 0.6 is 0 Å². The number of hydrogen-bond acceptors (Lipinski definition) is 9. The number of aliphatic hydroxyl groups excluding tert-OH is 1. The van der Waals surface area contributed by atoms with E-state index in [-0.39, 0.29) is 52.9 Å². The van der Waals surface area contributed by atoms with Crippen molar-refractivity contribution in [3.8, 4) is 5.75 Å². The van der Waals surface area contributed by atoms with Crippen molar-refractivity contribution in [2.75, 3.05) is 38.1 Å². The maximum Gasteiger partial charge on any atom is 0.261 e. The zero-order valence-electron chi connectivity index (χ0n) is 28.4. The van der Waals surface area contributed by atoms with Crippen molar-refractivity contribution in [3.63, 3.8) is 0 Å². The number of imidazole rings is 1. The van der Waals surface area contributed by atoms with Gasteiger partial charge >= 0.3 is 0 Å². The molecule has 1 aromatic heterocycles. The minimum absolute atomic E-state index is 0.0106. The van der Waals surface area contributed by atoms with Crippen LogP contribution in [-0.2, 0) is 31.8 Å². The molecule has 2 heterocycles. The number of rotatable bonds is 9. The number of ether oxygens (including phenoxy) is 2. The first-order chi connectivity index (χ1) is 22.6. The van der Waals surface area contributed by atoms with E-state index in [1.165, 1.54) is 47.0 Å². The Morgan fingerprint density at radius 1 is 1.10 bits per heavy atom. The Labute approximate surface area is 284 Å². The Morgan fingerprint density at radius 2 is 1.81 bits per heavy atom. The topological polar surface area (TPSA) is 160 Å². The second-order valence-corrected chi connectivity index (χ2v) is 16.3. The summed E-state index contributed by atoms with van der Waals surface area (Å²) in [4.78, 5) is 19.9. The van der Waals surface area contributed by atoms with Gasteiger partial charge in [-0.25, -0.2) is 21.8 Å². The van der Waals surface area contributed by atoms with Crippen molar-refractivity contribution in [2.45, 2.75) is 75.1 Å². The summed E-state index contributed by atoms with van der Waals surface area (Å²) in [6, 6.07) is 10.4. The molecule has 1 amide bonds. The molecule has 15 heteroatoms. The number of nitrogens with one attached hydrogen (secondary N) is 1. The van der Waals surface area contributed by atoms with E-state index < -0.39 is 38.1 Å². The fourth-order valence-corrected chi connectivity index (χ4v) is 7.61. The van der Waals surface area contributed by atoms with Crippen molar-refractivity contribution in [3.05, 3.63) is 66.1 Å². The number of aryl methyl sites for hydroxylation is 2. The molecule has 0 spiro atoms. The van der Waals surface area contributed by atoms with Crippen LogP contribution in [0.1, 0.15) is 56.0 Å². The number of carbonyl (C=O) groups excluding carboxylic acids is 1. The number of anilines is 1. The number of likely N-dealkylation sites (N-methyl/N-ethyl adjacent to an activating group) is 1. The largest absolute Gasteiger partial charge is 0.490 e. The summed E-state index contributed by atoms with van der Waals surface area (Å²) < 4.78 is 70.9. The van der Waals surface area contributed by atoms with Gasteiger partial charge in [0.05, 0.1) is 41.6 Å². The summed E-state index contributed by atoms with van der Waals surface area (Å²) >= 11 is 0. The summed E-state index contributed by atoms with van der Waals surface area (Å²) in [6.07, 6.45) is 4.10. The summed E-state index contributed by atoms with van der Waals surface area (Å²) in [7, 11) is -4.71. The van der Waals surface area contributed by atoms with Gasteiger partial charge in [0.15, 0.2) is 5.03 Å². The number of carbonyl (C=O) groups is 1. The molecule has 1 aliphatic rings. The van der Waals surface area contributed by atoms with Crippen LogP contribution in [0.4, 0.5) is 5.69 Å². The number of aliphatic hydroxyl groups is 1. The van der Waals surface area contributed by atoms with Crippen LogP contribution < -0.4 is 9.46 Å². The molecule has 0 fully saturated rings. The number of benzene rings is 2. The zero-order chi connectivity index (χ0) is 35.2. The lowest BCUT2D eigenvalue weighted by Gasteiger charge is -2.35. The molecular weight excluding hydrogens is 659 g/mol. The number of fused-ring (bicyclic) bond motifs is 1. The Balaban J connectivity index is 1.68. The third-order valence-electron chi connectivity index (χ3n) is 8.43. The molecule has 13 nitrogen and oxygen atoms in total. The van der Waals surface area contributed by atoms with Gasteiger partial charge in [-0.15, -0.1) is 0 Å². The average molecular weight is 706 g/mol. The third kappa shape index (κ3) is 9.14. The molecule has 4 rings (SSSR count). The monoisotopic (exact) mass is 705 g/mol. The van der Waals surface area contributed by atoms with Gasteiger partial charge < -0.3 is 24.0 Å². The maximum atomic E-state index is 14.4. The van der Waals surface area contributed by atoms with Crippen molar-refractivity contribution in [1.29, 1.82) is 0 Å². The molecule has 2 aromatic carbocycles. The molecular formula is C33H47N5O8S2. The van der Waals surface area contributed by atoms with E-state index in [0.717, 1.165) is 12.0 Å². The summed E-state index contributed by atoms with van der Waals surface area (Å²) in [5.41, 5.74) is 1.22. The number of aromatic nitrogens is 2. The predicted octanol–water partition coefficient (Wildman–Crippen LogP) is 3.65. The number of sulfonamides is 2. The van der Waals surface area contributed by atoms with E-state index in [4.69, 9.17) is 9.47 Å². The van der Waals surface area contributed by atoms with Crippen LogP contribution in [0.2, 0.25) is 0 Å². The smallest absolute Gasteiger partial charge is 0.261 e. The van der Waals surface area contributed by atoms with Crippen LogP contribution in [0.25, 0.3) is 0 Å². The first kappa shape index (κ1) is 37.3. The lowest BCUT2D eigenvalue weighted by Crippen LogP contribution is -2.48. The third-order valence-corrected chi connectivity index (χ3v) is 11.5. The molecule has 48 heavy (non-hydrogen) atoms. The Hall–Kier alpha value is -3.50. The first-order valence-corrected chi connectivity index (χ1v) is 18.9. The van der Waals surface area contributed by atoms with Crippen LogP contribution in [-0.4, -0.2) is 98.2 Å². The molecule has 2 N–H and O–H groups in total. The van der Waals surface area contributed by atoms with Gasteiger partial charge in [-0.05, 0) is 70.4 Å². The minimum Gasteiger partial charge on any atom is -0.490 e. The fraction of sp³-hybridized carbons (Fsp3) is 0.515. The molecule has 0 bridgehead atoms. The Bertz CT molecular complexity index is 1760. The lowest BCUT2D eigenvalue weighted by molar-refractivity contribution is -0.00835. The van der Waals surface area contributed by atoms with E-state index in [2.05, 4.69) is 9.71 Å². The highest BCUT2D eigenvalue weighted by molar-refractivity contribution is 7.92. The van der Waals surface area contributed by atoms with Crippen LogP contribution in [0.5, 0.6) is 5.75 Å². The van der Waals surface area contributed by atoms with Crippen LogP contribution in [0.3, 0.4) is 0 Å². The highest BCUT2D eigenvalue weighted by Gasteiger charge is 2.33. The average Bonchev–Trinajstić information content (AvgIpc) is 3.49. The predicted molar refractivity (Wildman–Crippen MR) is 182 cm³/mol. The SMILES string of the molecule is Cc1ccc(S(=O)(=O)Nc2ccc3c(c2)C(=O)N([C@H](C)CO)C[C@@H](C)[C@@H](CN(C)S(=O)(=O)c2cn(C)cn2)OCCCC[C@H](C)O3)cc1. The van der Waals surface area contributed by atoms with Gasteiger partial charge in [-0.1, -0.05) is 24.6 Å². The lowest BCUT2D eigenvalue weighted by atomic mass is 10.0. The highest BCUT2D eigenvalue weighted by atomic mass is 32.2. The van der Waals surface area contributed by atoms with Gasteiger partial charge in [0.1, 0.15) is 5.75 Å². The molecule has 0 unspecified atom stereocenters. The number of hydrogen-bond donors (Lipinski definition) is 2. The molecule has 0 saturated heterocycles. The molecule has 1 aliphatic heterocycles. The van der Waals surface area contributed by atoms with Crippen LogP contribution in [0.15, 0.2) is 64.9 Å². The molecule has 3 aromatic rings. The van der Waals surface area contributed by atoms with Gasteiger partial charge in [0.25, 0.3) is 26.0 Å². The van der Waals surface area contributed by atoms with Crippen LogP contribution in [0, 0.1) is 12.8 Å². The first-order valence-electron chi connectivity index (χ1n) is 16.0. The quantitative estimate of drug-likeness (QED) is 0.339. The summed E-state index contributed by atoms with van der Waals surface area (Å²) in [6.45, 7) is 7.48. The Kier molecular flexibility index (Phi) is 12.3. The van der Waals surface area contributed by atoms with Crippen molar-refractivity contribution >= 4 is 31.6 Å². The van der Waals surface area contributed by atoms with E-state index in [9.17, 15) is 26.7 Å². The molecule has 0 saturated carbocycles. The molecule has 264 valence electrons. The minimum atomic E-state index is -3.96. The van der Waals surface area contributed by atoms with Crippen molar-refractivity contribution < 1.29 is 36.2 Å². The summed E-state index contributed by atoms with van der Waals surface area (Å²) in [5.74, 6) is -0.564. The standard InChI is InChI=1S/C33H47N5O8S2/c1-23-10-13-28(14-11-23)47(41,42)35-27-12-15-30-29(17-27)33(40)38(25(3)21-39)18-24(2)31(45-16-8-7-9-26(4)46-30)19-37(6)48(43,44)32-20-36(5)22-34-32/h10-15,17,20,22,24-26,31,35,39H,7-9,16,18-19,21H2,1-6H3/t24-,25-,26+,31-/m1/s1. The van der Waals surface area contributed by atoms with Gasteiger partial charge in [0.2, 0.25) is 0 Å². The van der Waals surface area contributed by atoms with E-state index in [1.54, 1.807) is 42.8 Å². The van der Waals surface area contributed by atoms with E-state index in [0.29, 0.717) is 25.2 Å². The highest BCUT2D eigenvalue weighted by Crippen LogP contribution is 2.30. The van der Waals surface area contributed by atoms with Gasteiger partial charge in [0, 0.05) is 51.6 Å². The Morgan fingerprint density at radius 3 is 2.46 bits per heavy atom. The number of nitrogens with zero attached hydrogens (tertiary/aromatic N) is 4. The van der Waals surface area contributed by atoms with E-state index in [1.807, 2.05) is 20.8 Å². The second kappa shape index (κ2) is 15.8. The zero-order valence-corrected chi connectivity index (χ0v) is 30.0. The van der Waals surface area contributed by atoms with Gasteiger partial charge in [-0.3, -0.25) is 9.52 Å². The maximum absolute atomic E-state index is 14.4. The fourth-order valence-electron chi connectivity index (χ4n) is 5.41. The molecule has 0 radical (unpaired) electrons. The van der Waals surface area contributed by atoms with Crippen molar-refractivity contribution in [1.82, 2.24) is 18.8 Å². The van der Waals surface area contributed by atoms with E-state index >= 15 is 0 Å². The molecule has 4 atom stereocenters. The molecule has 0 aliphatic carbocycles. The second-order valence-electron chi connectivity index (χ2n) is 12.6. The number of amides is 1. The van der Waals surface area contributed by atoms with Gasteiger partial charge in [-0.2, -0.15) is 4.31 Å².